The molecule has 0 bridgehead atoms. The summed E-state index contributed by atoms with van der Waals surface area (Å²) in [4.78, 5) is 27.9. The monoisotopic (exact) mass is 386 g/mol. The van der Waals surface area contributed by atoms with Crippen LogP contribution in [0, 0.1) is 5.92 Å². The van der Waals surface area contributed by atoms with Crippen molar-refractivity contribution in [3.63, 3.8) is 0 Å². The SMILES string of the molecule is CC(C)CCCC(C)NC(=O)COC(=O)CCc1ncc(-c2ccccc2)o1. The van der Waals surface area contributed by atoms with Crippen LogP contribution in [0.1, 0.15) is 52.3 Å². The molecule has 0 aliphatic heterocycles. The fourth-order valence-corrected chi connectivity index (χ4v) is 2.81. The van der Waals surface area contributed by atoms with Crippen LogP contribution in [0.25, 0.3) is 11.3 Å². The van der Waals surface area contributed by atoms with Crippen molar-refractivity contribution in [2.75, 3.05) is 6.61 Å². The molecule has 0 radical (unpaired) electrons. The molecule has 6 heteroatoms. The minimum Gasteiger partial charge on any atom is -0.456 e. The summed E-state index contributed by atoms with van der Waals surface area (Å²) in [5.74, 6) is 1.08. The van der Waals surface area contributed by atoms with Gasteiger partial charge in [0, 0.05) is 18.0 Å². The molecule has 0 spiro atoms. The van der Waals surface area contributed by atoms with E-state index in [4.69, 9.17) is 9.15 Å². The Labute approximate surface area is 166 Å². The summed E-state index contributed by atoms with van der Waals surface area (Å²) >= 11 is 0. The fourth-order valence-electron chi connectivity index (χ4n) is 2.81. The molecule has 0 aliphatic carbocycles. The van der Waals surface area contributed by atoms with Crippen molar-refractivity contribution in [3.05, 3.63) is 42.4 Å². The normalized spacial score (nSPS) is 12.0. The van der Waals surface area contributed by atoms with Gasteiger partial charge in [-0.1, -0.05) is 57.0 Å². The largest absolute Gasteiger partial charge is 0.456 e. The van der Waals surface area contributed by atoms with Gasteiger partial charge in [-0.25, -0.2) is 4.98 Å². The van der Waals surface area contributed by atoms with Gasteiger partial charge in [0.05, 0.1) is 12.6 Å². The number of esters is 1. The van der Waals surface area contributed by atoms with Crippen LogP contribution in [-0.2, 0) is 20.7 Å². The first-order valence-electron chi connectivity index (χ1n) is 9.89. The number of aryl methyl sites for hydroxylation is 1. The Balaban J connectivity index is 1.65. The number of nitrogens with one attached hydrogen (secondary N) is 1. The number of aromatic nitrogens is 1. The number of benzene rings is 1. The van der Waals surface area contributed by atoms with Crippen molar-refractivity contribution in [1.82, 2.24) is 10.3 Å². The van der Waals surface area contributed by atoms with Crippen LogP contribution < -0.4 is 5.32 Å². The molecular weight excluding hydrogens is 356 g/mol. The number of hydrogen-bond acceptors (Lipinski definition) is 5. The average Bonchev–Trinajstić information content (AvgIpc) is 3.14. The molecular formula is C22H30N2O4. The first-order valence-corrected chi connectivity index (χ1v) is 9.89. The molecule has 1 amide bonds. The molecule has 1 aromatic heterocycles. The first-order chi connectivity index (χ1) is 13.4. The third-order valence-corrected chi connectivity index (χ3v) is 4.35. The molecule has 0 fully saturated rings. The van der Waals surface area contributed by atoms with Crippen molar-refractivity contribution in [2.45, 2.75) is 58.9 Å². The maximum atomic E-state index is 11.9. The van der Waals surface area contributed by atoms with E-state index in [2.05, 4.69) is 24.1 Å². The van der Waals surface area contributed by atoms with Gasteiger partial charge >= 0.3 is 5.97 Å². The standard InChI is InChI=1S/C22H30N2O4/c1-16(2)8-7-9-17(3)24-20(25)15-27-22(26)13-12-21-23-14-19(28-21)18-10-5-4-6-11-18/h4-6,10-11,14,16-17H,7-9,12-13,15H2,1-3H3,(H,24,25). The summed E-state index contributed by atoms with van der Waals surface area (Å²) in [6, 6.07) is 9.71. The lowest BCUT2D eigenvalue weighted by atomic mass is 10.0. The molecule has 0 saturated heterocycles. The Morgan fingerprint density at radius 3 is 2.61 bits per heavy atom. The van der Waals surface area contributed by atoms with Crippen LogP contribution in [0.2, 0.25) is 0 Å². The highest BCUT2D eigenvalue weighted by Crippen LogP contribution is 2.20. The van der Waals surface area contributed by atoms with Gasteiger partial charge in [0.2, 0.25) is 0 Å². The van der Waals surface area contributed by atoms with Gasteiger partial charge in [-0.3, -0.25) is 9.59 Å². The highest BCUT2D eigenvalue weighted by Gasteiger charge is 2.13. The molecule has 1 aromatic carbocycles. The Hall–Kier alpha value is -2.63. The van der Waals surface area contributed by atoms with Crippen molar-refractivity contribution < 1.29 is 18.7 Å². The highest BCUT2D eigenvalue weighted by molar-refractivity contribution is 5.80. The molecule has 1 unspecified atom stereocenters. The van der Waals surface area contributed by atoms with Gasteiger partial charge in [-0.2, -0.15) is 0 Å². The number of carbonyl (C=O) groups excluding carboxylic acids is 2. The molecule has 0 aliphatic rings. The van der Waals surface area contributed by atoms with Gasteiger partial charge in [0.25, 0.3) is 5.91 Å². The molecule has 1 atom stereocenters. The molecule has 1 heterocycles. The second-order valence-electron chi connectivity index (χ2n) is 7.44. The van der Waals surface area contributed by atoms with Crippen molar-refractivity contribution in [3.8, 4) is 11.3 Å². The van der Waals surface area contributed by atoms with Gasteiger partial charge < -0.3 is 14.5 Å². The van der Waals surface area contributed by atoms with Crippen molar-refractivity contribution in [1.29, 1.82) is 0 Å². The topological polar surface area (TPSA) is 81.4 Å². The van der Waals surface area contributed by atoms with Crippen LogP contribution in [0.5, 0.6) is 0 Å². The number of amides is 1. The van der Waals surface area contributed by atoms with Crippen molar-refractivity contribution >= 4 is 11.9 Å². The number of nitrogens with zero attached hydrogens (tertiary/aromatic N) is 1. The second kappa shape index (κ2) is 11.3. The lowest BCUT2D eigenvalue weighted by molar-refractivity contribution is -0.148. The molecule has 2 rings (SSSR count). The second-order valence-corrected chi connectivity index (χ2v) is 7.44. The van der Waals surface area contributed by atoms with E-state index in [9.17, 15) is 9.59 Å². The zero-order valence-corrected chi connectivity index (χ0v) is 16.9. The zero-order valence-electron chi connectivity index (χ0n) is 16.9. The molecule has 6 nitrogen and oxygen atoms in total. The van der Waals surface area contributed by atoms with E-state index in [-0.39, 0.29) is 25.0 Å². The van der Waals surface area contributed by atoms with Gasteiger partial charge in [-0.05, 0) is 19.3 Å². The minimum absolute atomic E-state index is 0.0775. The van der Waals surface area contributed by atoms with E-state index >= 15 is 0 Å². The van der Waals surface area contributed by atoms with Crippen LogP contribution in [0.3, 0.4) is 0 Å². The Kier molecular flexibility index (Phi) is 8.72. The lowest BCUT2D eigenvalue weighted by Crippen LogP contribution is -2.35. The number of rotatable bonds is 11. The molecule has 1 N–H and O–H groups in total. The molecule has 28 heavy (non-hydrogen) atoms. The van der Waals surface area contributed by atoms with E-state index in [0.29, 0.717) is 24.0 Å². The molecule has 0 saturated carbocycles. The Morgan fingerprint density at radius 2 is 1.89 bits per heavy atom. The smallest absolute Gasteiger partial charge is 0.306 e. The summed E-state index contributed by atoms with van der Waals surface area (Å²) in [6.07, 6.45) is 5.22. The maximum absolute atomic E-state index is 11.9. The third kappa shape index (κ3) is 7.94. The third-order valence-electron chi connectivity index (χ3n) is 4.35. The summed E-state index contributed by atoms with van der Waals surface area (Å²) in [5.41, 5.74) is 0.933. The first kappa shape index (κ1) is 21.7. The van der Waals surface area contributed by atoms with Gasteiger partial charge in [0.1, 0.15) is 0 Å². The summed E-state index contributed by atoms with van der Waals surface area (Å²) < 4.78 is 10.7. The van der Waals surface area contributed by atoms with Crippen LogP contribution in [0.4, 0.5) is 0 Å². The van der Waals surface area contributed by atoms with Gasteiger partial charge in [-0.15, -0.1) is 0 Å². The van der Waals surface area contributed by atoms with Gasteiger partial charge in [0.15, 0.2) is 18.3 Å². The summed E-state index contributed by atoms with van der Waals surface area (Å²) in [6.45, 7) is 6.08. The number of oxazole rings is 1. The fraction of sp³-hybridized carbons (Fsp3) is 0.500. The average molecular weight is 386 g/mol. The Bertz CT molecular complexity index is 740. The molecule has 2 aromatic rings. The van der Waals surface area contributed by atoms with E-state index < -0.39 is 5.97 Å². The van der Waals surface area contributed by atoms with E-state index in [1.54, 1.807) is 6.20 Å². The van der Waals surface area contributed by atoms with E-state index in [1.807, 2.05) is 37.3 Å². The quantitative estimate of drug-likeness (QED) is 0.587. The van der Waals surface area contributed by atoms with Crippen molar-refractivity contribution in [2.24, 2.45) is 5.92 Å². The lowest BCUT2D eigenvalue weighted by Gasteiger charge is -2.14. The zero-order chi connectivity index (χ0) is 20.4. The van der Waals surface area contributed by atoms with Crippen LogP contribution in [-0.4, -0.2) is 29.5 Å². The number of carbonyl (C=O) groups is 2. The summed E-state index contributed by atoms with van der Waals surface area (Å²) in [7, 11) is 0. The Morgan fingerprint density at radius 1 is 1.14 bits per heavy atom. The predicted molar refractivity (Wildman–Crippen MR) is 108 cm³/mol. The van der Waals surface area contributed by atoms with Crippen LogP contribution >= 0.6 is 0 Å². The van der Waals surface area contributed by atoms with Crippen LogP contribution in [0.15, 0.2) is 40.9 Å². The van der Waals surface area contributed by atoms with E-state index in [1.165, 1.54) is 0 Å². The van der Waals surface area contributed by atoms with E-state index in [0.717, 1.165) is 24.8 Å². The predicted octanol–water partition coefficient (Wildman–Crippen LogP) is 4.15. The maximum Gasteiger partial charge on any atom is 0.306 e. The number of ether oxygens (including phenoxy) is 1. The molecule has 152 valence electrons. The summed E-state index contributed by atoms with van der Waals surface area (Å²) in [5, 5.41) is 2.86. The minimum atomic E-state index is -0.443. The highest BCUT2D eigenvalue weighted by atomic mass is 16.5. The number of hydrogen-bond donors (Lipinski definition) is 1.